The van der Waals surface area contributed by atoms with Crippen LogP contribution in [0.15, 0.2) is 54.6 Å². The number of amides is 2. The van der Waals surface area contributed by atoms with Crippen molar-refractivity contribution in [1.29, 1.82) is 0 Å². The van der Waals surface area contributed by atoms with Crippen molar-refractivity contribution < 1.29 is 28.8 Å². The highest BCUT2D eigenvalue weighted by atomic mass is 16.6. The molecule has 1 heterocycles. The number of nitrogens with zero attached hydrogens (tertiary/aromatic N) is 2. The zero-order valence-electron chi connectivity index (χ0n) is 18.6. The average Bonchev–Trinajstić information content (AvgIpc) is 3.08. The van der Waals surface area contributed by atoms with Crippen molar-refractivity contribution in [1.82, 2.24) is 0 Å². The second kappa shape index (κ2) is 9.01. The molecule has 2 aromatic carbocycles. The van der Waals surface area contributed by atoms with Crippen LogP contribution < -0.4 is 4.90 Å². The molecule has 1 aliphatic carbocycles. The van der Waals surface area contributed by atoms with E-state index in [2.05, 4.69) is 0 Å². The molecule has 1 fully saturated rings. The van der Waals surface area contributed by atoms with Gasteiger partial charge in [-0.1, -0.05) is 37.3 Å². The van der Waals surface area contributed by atoms with Crippen molar-refractivity contribution >= 4 is 34.9 Å². The number of hydrogen-bond donors (Lipinski definition) is 0. The monoisotopic (exact) mass is 462 g/mol. The minimum absolute atomic E-state index is 0.0532. The molecule has 0 bridgehead atoms. The number of rotatable bonds is 6. The zero-order chi connectivity index (χ0) is 24.6. The van der Waals surface area contributed by atoms with E-state index in [0.29, 0.717) is 12.0 Å². The number of fused-ring (bicyclic) bond motifs is 1. The van der Waals surface area contributed by atoms with E-state index >= 15 is 0 Å². The fraction of sp³-hybridized carbons (Fsp3) is 0.280. The van der Waals surface area contributed by atoms with Gasteiger partial charge in [-0.2, -0.15) is 0 Å². The summed E-state index contributed by atoms with van der Waals surface area (Å²) < 4.78 is 5.10. The molecule has 0 aromatic heterocycles. The predicted octanol–water partition coefficient (Wildman–Crippen LogP) is 3.64. The normalized spacial score (nSPS) is 21.4. The Morgan fingerprint density at radius 1 is 1.12 bits per heavy atom. The molecule has 9 nitrogen and oxygen atoms in total. The second-order valence-electron chi connectivity index (χ2n) is 8.48. The van der Waals surface area contributed by atoms with Gasteiger partial charge in [0.25, 0.3) is 5.69 Å². The van der Waals surface area contributed by atoms with E-state index in [4.69, 9.17) is 4.74 Å². The summed E-state index contributed by atoms with van der Waals surface area (Å²) in [6.07, 6.45) is 4.34. The van der Waals surface area contributed by atoms with Crippen LogP contribution in [-0.4, -0.2) is 35.1 Å². The van der Waals surface area contributed by atoms with Crippen molar-refractivity contribution in [3.8, 4) is 0 Å². The summed E-state index contributed by atoms with van der Waals surface area (Å²) >= 11 is 0. The number of nitro groups is 1. The summed E-state index contributed by atoms with van der Waals surface area (Å²) in [5.41, 5.74) is 0.604. The fourth-order valence-electron chi connectivity index (χ4n) is 4.45. The molecule has 1 saturated heterocycles. The van der Waals surface area contributed by atoms with Crippen molar-refractivity contribution in [2.75, 3.05) is 11.5 Å². The molecule has 2 aliphatic rings. The lowest BCUT2D eigenvalue weighted by atomic mass is 9.78. The highest BCUT2D eigenvalue weighted by molar-refractivity contribution is 6.22. The van der Waals surface area contributed by atoms with Gasteiger partial charge in [-0.25, -0.2) is 4.79 Å². The first kappa shape index (κ1) is 23.0. The Kier molecular flexibility index (Phi) is 6.10. The van der Waals surface area contributed by atoms with Gasteiger partial charge in [0.05, 0.1) is 28.0 Å². The number of carbonyl (C=O) groups excluding carboxylic acids is 4. The van der Waals surface area contributed by atoms with Crippen LogP contribution in [-0.2, 0) is 14.3 Å². The van der Waals surface area contributed by atoms with Gasteiger partial charge in [0.1, 0.15) is 0 Å². The van der Waals surface area contributed by atoms with Crippen molar-refractivity contribution in [3.63, 3.8) is 0 Å². The third kappa shape index (κ3) is 4.12. The first-order valence-corrected chi connectivity index (χ1v) is 10.8. The third-order valence-corrected chi connectivity index (χ3v) is 6.27. The molecule has 34 heavy (non-hydrogen) atoms. The molecule has 4 rings (SSSR count). The summed E-state index contributed by atoms with van der Waals surface area (Å²) in [7, 11) is 0. The number of esters is 1. The van der Waals surface area contributed by atoms with E-state index < -0.39 is 35.1 Å². The quantitative estimate of drug-likeness (QED) is 0.160. The molecule has 1 aliphatic heterocycles. The number of hydrogen-bond acceptors (Lipinski definition) is 7. The topological polar surface area (TPSA) is 124 Å². The van der Waals surface area contributed by atoms with E-state index in [1.54, 1.807) is 13.0 Å². The summed E-state index contributed by atoms with van der Waals surface area (Å²) in [6, 6.07) is 9.96. The summed E-state index contributed by atoms with van der Waals surface area (Å²) in [4.78, 5) is 62.5. The van der Waals surface area contributed by atoms with Crippen molar-refractivity contribution in [2.24, 2.45) is 17.8 Å². The minimum atomic E-state index is -0.816. The highest BCUT2D eigenvalue weighted by Gasteiger charge is 2.50. The van der Waals surface area contributed by atoms with Crippen LogP contribution in [0.5, 0.6) is 0 Å². The lowest BCUT2D eigenvalue weighted by Gasteiger charge is -2.22. The van der Waals surface area contributed by atoms with E-state index in [1.165, 1.54) is 30.3 Å². The van der Waals surface area contributed by atoms with E-state index in [0.717, 1.165) is 11.0 Å². The maximum absolute atomic E-state index is 13.0. The number of Topliss-reactive ketones (excluding diaryl/α,β-unsaturated/α-hetero) is 1. The second-order valence-corrected chi connectivity index (χ2v) is 8.48. The lowest BCUT2D eigenvalue weighted by Crippen LogP contribution is -2.31. The van der Waals surface area contributed by atoms with Gasteiger partial charge >= 0.3 is 5.97 Å². The van der Waals surface area contributed by atoms with Gasteiger partial charge in [-0.05, 0) is 37.5 Å². The number of nitro benzene ring substituents is 1. The molecule has 0 unspecified atom stereocenters. The van der Waals surface area contributed by atoms with Gasteiger partial charge in [-0.15, -0.1) is 0 Å². The van der Waals surface area contributed by atoms with Gasteiger partial charge in [0, 0.05) is 17.2 Å². The SMILES string of the molecule is Cc1ccc(C(=O)COC(=O)c2cccc(N3C(=O)[C@H]4[C@H](C)C=CC[C@H]4C3=O)c2)cc1[N+](=O)[O-]. The number of ether oxygens (including phenoxy) is 1. The van der Waals surface area contributed by atoms with Crippen LogP contribution >= 0.6 is 0 Å². The van der Waals surface area contributed by atoms with Crippen LogP contribution in [0, 0.1) is 34.8 Å². The Morgan fingerprint density at radius 3 is 2.59 bits per heavy atom. The molecule has 0 N–H and O–H groups in total. The molecule has 0 saturated carbocycles. The number of ketones is 1. The Morgan fingerprint density at radius 2 is 1.88 bits per heavy atom. The number of aryl methyl sites for hydroxylation is 1. The van der Waals surface area contributed by atoms with Gasteiger partial charge < -0.3 is 4.74 Å². The Balaban J connectivity index is 1.47. The third-order valence-electron chi connectivity index (χ3n) is 6.27. The average molecular weight is 462 g/mol. The van der Waals surface area contributed by atoms with Gasteiger partial charge in [0.2, 0.25) is 17.6 Å². The van der Waals surface area contributed by atoms with Gasteiger partial charge in [0.15, 0.2) is 6.61 Å². The van der Waals surface area contributed by atoms with Crippen molar-refractivity contribution in [2.45, 2.75) is 20.3 Å². The molecule has 174 valence electrons. The van der Waals surface area contributed by atoms with E-state index in [1.807, 2.05) is 19.1 Å². The molecule has 0 spiro atoms. The van der Waals surface area contributed by atoms with Crippen LogP contribution in [0.1, 0.15) is 39.6 Å². The number of imide groups is 1. The fourth-order valence-corrected chi connectivity index (χ4v) is 4.45. The van der Waals surface area contributed by atoms with Crippen LogP contribution in [0.4, 0.5) is 11.4 Å². The number of carbonyl (C=O) groups is 4. The highest BCUT2D eigenvalue weighted by Crippen LogP contribution is 2.40. The maximum Gasteiger partial charge on any atom is 0.338 e. The molecule has 0 radical (unpaired) electrons. The maximum atomic E-state index is 13.0. The standard InChI is InChI=1S/C25H22N2O7/c1-14-9-10-16(12-20(14)27(32)33)21(28)13-34-25(31)17-6-4-7-18(11-17)26-23(29)19-8-3-5-15(2)22(19)24(26)30/h3-7,9-12,15,19,22H,8,13H2,1-2H3/t15-,19-,22+/m1/s1. The molecule has 2 amide bonds. The molecular formula is C25H22N2O7. The first-order valence-electron chi connectivity index (χ1n) is 10.8. The molecule has 9 heteroatoms. The lowest BCUT2D eigenvalue weighted by molar-refractivity contribution is -0.385. The summed E-state index contributed by atoms with van der Waals surface area (Å²) in [6.45, 7) is 2.84. The smallest absolute Gasteiger partial charge is 0.338 e. The van der Waals surface area contributed by atoms with Gasteiger partial charge in [-0.3, -0.25) is 29.4 Å². The molecule has 3 atom stereocenters. The molecular weight excluding hydrogens is 440 g/mol. The van der Waals surface area contributed by atoms with Crippen LogP contribution in [0.25, 0.3) is 0 Å². The number of allylic oxidation sites excluding steroid dienone is 2. The van der Waals surface area contributed by atoms with E-state index in [-0.39, 0.29) is 40.2 Å². The Bertz CT molecular complexity index is 1250. The first-order chi connectivity index (χ1) is 16.2. The van der Waals surface area contributed by atoms with E-state index in [9.17, 15) is 29.3 Å². The minimum Gasteiger partial charge on any atom is -0.454 e. The predicted molar refractivity (Wildman–Crippen MR) is 121 cm³/mol. The number of benzene rings is 2. The van der Waals surface area contributed by atoms with Crippen LogP contribution in [0.3, 0.4) is 0 Å². The Labute approximate surface area is 195 Å². The Hall–Kier alpha value is -4.14. The summed E-state index contributed by atoms with van der Waals surface area (Å²) in [5.74, 6) is -2.91. The summed E-state index contributed by atoms with van der Waals surface area (Å²) in [5, 5.41) is 11.1. The number of anilines is 1. The largest absolute Gasteiger partial charge is 0.454 e. The zero-order valence-corrected chi connectivity index (χ0v) is 18.6. The van der Waals surface area contributed by atoms with Crippen LogP contribution in [0.2, 0.25) is 0 Å². The van der Waals surface area contributed by atoms with Crippen molar-refractivity contribution in [3.05, 3.63) is 81.4 Å². The molecule has 2 aromatic rings.